The Bertz CT molecular complexity index is 96.2. The predicted octanol–water partition coefficient (Wildman–Crippen LogP) is -4.40. The van der Waals surface area contributed by atoms with Crippen LogP contribution in [-0.2, 0) is 10.4 Å². The molecule has 0 saturated carbocycles. The molecule has 0 aliphatic rings. The Labute approximate surface area is 79.1 Å². The molecule has 0 radical (unpaired) electrons. The predicted molar refractivity (Wildman–Crippen MR) is 39.9 cm³/mol. The third kappa shape index (κ3) is 385. The van der Waals surface area contributed by atoms with E-state index in [0.29, 0.717) is 0 Å². The first-order valence-electron chi connectivity index (χ1n) is 0.698. The maximum atomic E-state index is 8.74. The zero-order chi connectivity index (χ0) is 4.50. The fourth-order valence-corrected chi connectivity index (χ4v) is 0. The van der Waals surface area contributed by atoms with E-state index in [1.54, 1.807) is 0 Å². The van der Waals surface area contributed by atoms with E-state index in [1.807, 2.05) is 0 Å². The SMILES string of the molecule is O.O.O=S(=O)(O)O.[AlH3].[MgH2]. The van der Waals surface area contributed by atoms with E-state index in [4.69, 9.17) is 17.5 Å². The lowest BCUT2D eigenvalue weighted by atomic mass is 15.8. The fourth-order valence-electron chi connectivity index (χ4n) is 0. The maximum absolute atomic E-state index is 8.74. The van der Waals surface area contributed by atoms with Crippen molar-refractivity contribution >= 4 is 50.8 Å². The first-order valence-corrected chi connectivity index (χ1v) is 2.10. The molecule has 9 heavy (non-hydrogen) atoms. The minimum absolute atomic E-state index is 0. The summed E-state index contributed by atoms with van der Waals surface area (Å²) in [5.74, 6) is 0. The van der Waals surface area contributed by atoms with Crippen molar-refractivity contribution in [3.63, 3.8) is 0 Å². The van der Waals surface area contributed by atoms with Crippen molar-refractivity contribution in [2.75, 3.05) is 0 Å². The molecule has 0 rings (SSSR count). The van der Waals surface area contributed by atoms with Crippen LogP contribution in [0.1, 0.15) is 0 Å². The van der Waals surface area contributed by atoms with Crippen molar-refractivity contribution in [3.8, 4) is 0 Å². The molecule has 0 fully saturated rings. The topological polar surface area (TPSA) is 138 Å². The van der Waals surface area contributed by atoms with E-state index in [1.165, 1.54) is 0 Å². The van der Waals surface area contributed by atoms with E-state index in [9.17, 15) is 0 Å². The Morgan fingerprint density at radius 2 is 1.00 bits per heavy atom. The molecular weight excluding hydrogens is 179 g/mol. The van der Waals surface area contributed by atoms with Crippen molar-refractivity contribution in [1.29, 1.82) is 0 Å². The summed E-state index contributed by atoms with van der Waals surface area (Å²) < 4.78 is 31.6. The lowest BCUT2D eigenvalue weighted by Crippen LogP contribution is -1.89. The molecule has 9 heteroatoms. The number of hydrogen-bond acceptors (Lipinski definition) is 2. The summed E-state index contributed by atoms with van der Waals surface area (Å²) in [4.78, 5) is 0. The highest BCUT2D eigenvalue weighted by Crippen LogP contribution is 1.59. The molecule has 0 unspecified atom stereocenters. The Kier molecular flexibility index (Phi) is 42.3. The smallest absolute Gasteiger partial charge is 0.394 e. The summed E-state index contributed by atoms with van der Waals surface area (Å²) in [7, 11) is -4.67. The van der Waals surface area contributed by atoms with Crippen LogP contribution >= 0.6 is 0 Å². The largest absolute Gasteiger partial charge is 0.412 e. The molecule has 0 aromatic heterocycles. The van der Waals surface area contributed by atoms with Crippen molar-refractivity contribution in [3.05, 3.63) is 0 Å². The van der Waals surface area contributed by atoms with Crippen LogP contribution in [0.25, 0.3) is 0 Å². The summed E-state index contributed by atoms with van der Waals surface area (Å²) in [6, 6.07) is 0. The average Bonchev–Trinajstić information content (AvgIpc) is 0.722. The molecule has 6 N–H and O–H groups in total. The van der Waals surface area contributed by atoms with E-state index in [0.717, 1.165) is 0 Å². The van der Waals surface area contributed by atoms with E-state index in [2.05, 4.69) is 0 Å². The number of rotatable bonds is 0. The van der Waals surface area contributed by atoms with Crippen molar-refractivity contribution in [1.82, 2.24) is 0 Å². The monoisotopic (exact) mass is 190 g/mol. The van der Waals surface area contributed by atoms with Gasteiger partial charge in [0.05, 0.1) is 0 Å². The molecule has 0 saturated heterocycles. The summed E-state index contributed by atoms with van der Waals surface area (Å²) >= 11 is 0. The molecule has 0 amide bonds. The highest BCUT2D eigenvalue weighted by molar-refractivity contribution is 7.79. The summed E-state index contributed by atoms with van der Waals surface area (Å²) in [6.45, 7) is 0. The van der Waals surface area contributed by atoms with Gasteiger partial charge in [-0.2, -0.15) is 8.42 Å². The summed E-state index contributed by atoms with van der Waals surface area (Å²) in [5.41, 5.74) is 0. The van der Waals surface area contributed by atoms with Crippen molar-refractivity contribution < 1.29 is 28.5 Å². The van der Waals surface area contributed by atoms with Gasteiger partial charge in [-0.05, 0) is 0 Å². The third-order valence-electron chi connectivity index (χ3n) is 0. The van der Waals surface area contributed by atoms with Gasteiger partial charge in [-0.25, -0.2) is 0 Å². The molecule has 0 atom stereocenters. The Morgan fingerprint density at radius 3 is 1.00 bits per heavy atom. The fraction of sp³-hybridized carbons (Fsp3) is 0. The molecule has 0 aromatic rings. The van der Waals surface area contributed by atoms with Crippen molar-refractivity contribution in [2.24, 2.45) is 0 Å². The first kappa shape index (κ1) is 32.2. The van der Waals surface area contributed by atoms with Gasteiger partial charge in [0.1, 0.15) is 0 Å². The quantitative estimate of drug-likeness (QED) is 0.294. The molecule has 0 aliphatic carbocycles. The third-order valence-corrected chi connectivity index (χ3v) is 0. The zero-order valence-corrected chi connectivity index (χ0v) is 3.94. The second kappa shape index (κ2) is 11.8. The molecule has 0 aromatic carbocycles. The van der Waals surface area contributed by atoms with Gasteiger partial charge in [-0.1, -0.05) is 0 Å². The van der Waals surface area contributed by atoms with Crippen LogP contribution in [-0.4, -0.2) is 68.9 Å². The Balaban J connectivity index is -0.0000000133. The minimum Gasteiger partial charge on any atom is -0.412 e. The van der Waals surface area contributed by atoms with Crippen LogP contribution in [0.15, 0.2) is 0 Å². The number of hydrogen-bond donors (Lipinski definition) is 2. The van der Waals surface area contributed by atoms with Crippen LogP contribution in [0.3, 0.4) is 0 Å². The van der Waals surface area contributed by atoms with Gasteiger partial charge in [0.25, 0.3) is 0 Å². The van der Waals surface area contributed by atoms with Crippen LogP contribution in [0, 0.1) is 0 Å². The normalized spacial score (nSPS) is 6.44. The van der Waals surface area contributed by atoms with Crippen LogP contribution < -0.4 is 0 Å². The van der Waals surface area contributed by atoms with E-state index < -0.39 is 10.4 Å². The highest BCUT2D eigenvalue weighted by Gasteiger charge is 1.84. The van der Waals surface area contributed by atoms with Crippen LogP contribution in [0.2, 0.25) is 0 Å². The van der Waals surface area contributed by atoms with Gasteiger partial charge in [0, 0.05) is 0 Å². The van der Waals surface area contributed by atoms with Gasteiger partial charge in [-0.15, -0.1) is 0 Å². The van der Waals surface area contributed by atoms with Gasteiger partial charge in [0.15, 0.2) is 17.4 Å². The van der Waals surface area contributed by atoms with Gasteiger partial charge in [0.2, 0.25) is 0 Å². The molecule has 0 heterocycles. The molecule has 0 spiro atoms. The molecule has 0 bridgehead atoms. The zero-order valence-electron chi connectivity index (χ0n) is 3.12. The summed E-state index contributed by atoms with van der Waals surface area (Å²) in [6.07, 6.45) is 0. The Hall–Kier alpha value is 1.09. The standard InChI is InChI=1S/Al.Mg.H2O4S.2H2O.5H/c;;1-5(2,3)4;;;;;;;/h;;(H2,1,2,3,4);2*1H2;;;;;. The minimum atomic E-state index is -4.67. The lowest BCUT2D eigenvalue weighted by Gasteiger charge is -1.68. The van der Waals surface area contributed by atoms with Crippen molar-refractivity contribution in [2.45, 2.75) is 0 Å². The summed E-state index contributed by atoms with van der Waals surface area (Å²) in [5, 5.41) is 0. The lowest BCUT2D eigenvalue weighted by molar-refractivity contribution is 0.381. The maximum Gasteiger partial charge on any atom is 0.394 e. The van der Waals surface area contributed by atoms with Gasteiger partial charge >= 0.3 is 33.5 Å². The second-order valence-corrected chi connectivity index (χ2v) is 1.34. The van der Waals surface area contributed by atoms with Gasteiger partial charge in [-0.3, -0.25) is 9.11 Å². The average molecular weight is 190 g/mol. The van der Waals surface area contributed by atoms with E-state index >= 15 is 0 Å². The van der Waals surface area contributed by atoms with E-state index in [-0.39, 0.29) is 51.4 Å². The van der Waals surface area contributed by atoms with Gasteiger partial charge < -0.3 is 11.0 Å². The van der Waals surface area contributed by atoms with Crippen LogP contribution in [0.4, 0.5) is 0 Å². The molecule has 0 aliphatic heterocycles. The first-order chi connectivity index (χ1) is 2.00. The second-order valence-electron chi connectivity index (χ2n) is 0.448. The molecular formula is H11AlMgO6S. The van der Waals surface area contributed by atoms with Crippen LogP contribution in [0.5, 0.6) is 0 Å². The highest BCUT2D eigenvalue weighted by atomic mass is 32.3. The Morgan fingerprint density at radius 1 is 1.00 bits per heavy atom. The molecule has 6 nitrogen and oxygen atoms in total. The molecule has 58 valence electrons.